The lowest BCUT2D eigenvalue weighted by Crippen LogP contribution is -2.42. The Hall–Kier alpha value is -2.67. The third kappa shape index (κ3) is 2.67. The Morgan fingerprint density at radius 2 is 2.21 bits per heavy atom. The Balaban J connectivity index is 1.56. The monoisotopic (exact) mass is 325 g/mol. The Kier molecular flexibility index (Phi) is 3.57. The fourth-order valence-electron chi connectivity index (χ4n) is 2.96. The molecule has 7 nitrogen and oxygen atoms in total. The summed E-state index contributed by atoms with van der Waals surface area (Å²) in [7, 11) is 0. The summed E-state index contributed by atoms with van der Waals surface area (Å²) in [5.41, 5.74) is 3.33. The molecule has 0 bridgehead atoms. The number of morpholine rings is 1. The normalized spacial score (nSPS) is 18.2. The highest BCUT2D eigenvalue weighted by Crippen LogP contribution is 2.21. The van der Waals surface area contributed by atoms with Gasteiger partial charge in [0, 0.05) is 30.8 Å². The quantitative estimate of drug-likeness (QED) is 0.781. The molecule has 7 heteroatoms. The van der Waals surface area contributed by atoms with E-state index in [9.17, 15) is 4.79 Å². The standard InChI is InChI=1S/C17H19N5O2/c1-11-3-4-15-20-13(9-22(15)8-11)17(23)21-5-6-24-14(10-21)16-18-7-12(2)19-16/h3-4,7-9,14H,5-6,10H2,1-2H3,(H,18,19). The number of fused-ring (bicyclic) bond motifs is 1. The number of imidazole rings is 2. The van der Waals surface area contributed by atoms with Gasteiger partial charge in [0.2, 0.25) is 0 Å². The van der Waals surface area contributed by atoms with Crippen molar-refractivity contribution in [3.8, 4) is 0 Å². The van der Waals surface area contributed by atoms with Crippen molar-refractivity contribution in [1.29, 1.82) is 0 Å². The van der Waals surface area contributed by atoms with Crippen LogP contribution in [0.25, 0.3) is 5.65 Å². The van der Waals surface area contributed by atoms with Crippen LogP contribution in [0.2, 0.25) is 0 Å². The average Bonchev–Trinajstić information content (AvgIpc) is 3.20. The van der Waals surface area contributed by atoms with E-state index in [0.717, 1.165) is 22.7 Å². The lowest BCUT2D eigenvalue weighted by Gasteiger charge is -2.31. The summed E-state index contributed by atoms with van der Waals surface area (Å²) in [6, 6.07) is 3.90. The lowest BCUT2D eigenvalue weighted by atomic mass is 10.2. The first kappa shape index (κ1) is 14.9. The van der Waals surface area contributed by atoms with E-state index in [1.54, 1.807) is 17.3 Å². The smallest absolute Gasteiger partial charge is 0.274 e. The predicted octanol–water partition coefficient (Wildman–Crippen LogP) is 1.89. The third-order valence-electron chi connectivity index (χ3n) is 4.20. The van der Waals surface area contributed by atoms with Gasteiger partial charge in [0.05, 0.1) is 13.2 Å². The molecule has 0 aromatic carbocycles. The van der Waals surface area contributed by atoms with Gasteiger partial charge in [-0.15, -0.1) is 0 Å². The molecular formula is C17H19N5O2. The molecule has 1 aliphatic heterocycles. The molecule has 0 saturated carbocycles. The van der Waals surface area contributed by atoms with E-state index in [4.69, 9.17) is 4.74 Å². The molecule has 0 radical (unpaired) electrons. The van der Waals surface area contributed by atoms with Crippen LogP contribution < -0.4 is 0 Å². The van der Waals surface area contributed by atoms with Crippen LogP contribution in [0.5, 0.6) is 0 Å². The van der Waals surface area contributed by atoms with Gasteiger partial charge in [0.1, 0.15) is 23.3 Å². The summed E-state index contributed by atoms with van der Waals surface area (Å²) in [5, 5.41) is 0. The molecule has 1 amide bonds. The number of aryl methyl sites for hydroxylation is 2. The van der Waals surface area contributed by atoms with Crippen molar-refractivity contribution in [2.45, 2.75) is 20.0 Å². The number of amides is 1. The van der Waals surface area contributed by atoms with Gasteiger partial charge in [-0.05, 0) is 25.5 Å². The fraction of sp³-hybridized carbons (Fsp3) is 0.353. The molecule has 1 saturated heterocycles. The number of H-pyrrole nitrogens is 1. The molecule has 124 valence electrons. The van der Waals surface area contributed by atoms with Crippen molar-refractivity contribution in [2.24, 2.45) is 0 Å². The molecule has 3 aromatic rings. The fourth-order valence-corrected chi connectivity index (χ4v) is 2.96. The van der Waals surface area contributed by atoms with Crippen LogP contribution in [-0.2, 0) is 4.74 Å². The van der Waals surface area contributed by atoms with Gasteiger partial charge in [-0.25, -0.2) is 9.97 Å². The highest BCUT2D eigenvalue weighted by Gasteiger charge is 2.28. The van der Waals surface area contributed by atoms with Gasteiger partial charge >= 0.3 is 0 Å². The molecular weight excluding hydrogens is 306 g/mol. The number of rotatable bonds is 2. The zero-order chi connectivity index (χ0) is 16.7. The van der Waals surface area contributed by atoms with Crippen LogP contribution in [0.4, 0.5) is 0 Å². The van der Waals surface area contributed by atoms with Crippen molar-refractivity contribution < 1.29 is 9.53 Å². The van der Waals surface area contributed by atoms with Gasteiger partial charge in [-0.3, -0.25) is 4.79 Å². The minimum atomic E-state index is -0.226. The van der Waals surface area contributed by atoms with Gasteiger partial charge in [0.25, 0.3) is 5.91 Å². The Labute approximate surface area is 139 Å². The third-order valence-corrected chi connectivity index (χ3v) is 4.20. The SMILES string of the molecule is Cc1ccc2nc(C(=O)N3CCOC(c4ncc(C)[nH]4)C3)cn2c1. The first-order valence-electron chi connectivity index (χ1n) is 7.98. The second kappa shape index (κ2) is 5.76. The van der Waals surface area contributed by atoms with Gasteiger partial charge < -0.3 is 19.0 Å². The number of ether oxygens (including phenoxy) is 1. The van der Waals surface area contributed by atoms with E-state index < -0.39 is 0 Å². The minimum absolute atomic E-state index is 0.0760. The summed E-state index contributed by atoms with van der Waals surface area (Å²) in [4.78, 5) is 26.5. The summed E-state index contributed by atoms with van der Waals surface area (Å²) in [6.07, 6.45) is 5.29. The molecule has 1 atom stereocenters. The number of carbonyl (C=O) groups is 1. The molecule has 0 aliphatic carbocycles. The Morgan fingerprint density at radius 1 is 1.33 bits per heavy atom. The van der Waals surface area contributed by atoms with E-state index in [-0.39, 0.29) is 12.0 Å². The van der Waals surface area contributed by atoms with E-state index in [1.165, 1.54) is 0 Å². The summed E-state index contributed by atoms with van der Waals surface area (Å²) >= 11 is 0. The first-order valence-corrected chi connectivity index (χ1v) is 7.98. The second-order valence-corrected chi connectivity index (χ2v) is 6.16. The van der Waals surface area contributed by atoms with E-state index in [0.29, 0.717) is 25.4 Å². The van der Waals surface area contributed by atoms with E-state index in [2.05, 4.69) is 15.0 Å². The summed E-state index contributed by atoms with van der Waals surface area (Å²) < 4.78 is 7.64. The molecule has 24 heavy (non-hydrogen) atoms. The van der Waals surface area contributed by atoms with Crippen LogP contribution >= 0.6 is 0 Å². The van der Waals surface area contributed by atoms with Crippen LogP contribution in [0.3, 0.4) is 0 Å². The summed E-state index contributed by atoms with van der Waals surface area (Å²) in [6.45, 7) is 5.48. The first-order chi connectivity index (χ1) is 11.6. The second-order valence-electron chi connectivity index (χ2n) is 6.16. The number of carbonyl (C=O) groups excluding carboxylic acids is 1. The minimum Gasteiger partial charge on any atom is -0.367 e. The van der Waals surface area contributed by atoms with E-state index in [1.807, 2.05) is 36.6 Å². The number of nitrogens with one attached hydrogen (secondary N) is 1. The summed E-state index contributed by atoms with van der Waals surface area (Å²) in [5.74, 6) is 0.684. The maximum Gasteiger partial charge on any atom is 0.274 e. The largest absolute Gasteiger partial charge is 0.367 e. The molecule has 1 fully saturated rings. The van der Waals surface area contributed by atoms with Crippen LogP contribution in [0, 0.1) is 13.8 Å². The molecule has 0 spiro atoms. The average molecular weight is 325 g/mol. The number of aromatic nitrogens is 4. The number of hydrogen-bond acceptors (Lipinski definition) is 4. The number of pyridine rings is 1. The Bertz CT molecular complexity index is 897. The van der Waals surface area contributed by atoms with Crippen molar-refractivity contribution in [1.82, 2.24) is 24.3 Å². The number of nitrogens with zero attached hydrogens (tertiary/aromatic N) is 4. The topological polar surface area (TPSA) is 75.5 Å². The van der Waals surface area contributed by atoms with Gasteiger partial charge in [-0.1, -0.05) is 6.07 Å². The maximum atomic E-state index is 12.8. The van der Waals surface area contributed by atoms with Crippen LogP contribution in [-0.4, -0.2) is 49.9 Å². The highest BCUT2D eigenvalue weighted by molar-refractivity contribution is 5.93. The van der Waals surface area contributed by atoms with Gasteiger partial charge in [0.15, 0.2) is 0 Å². The number of aromatic amines is 1. The Morgan fingerprint density at radius 3 is 3.00 bits per heavy atom. The highest BCUT2D eigenvalue weighted by atomic mass is 16.5. The molecule has 4 heterocycles. The maximum absolute atomic E-state index is 12.8. The van der Waals surface area contributed by atoms with Crippen molar-refractivity contribution in [3.63, 3.8) is 0 Å². The zero-order valence-electron chi connectivity index (χ0n) is 13.7. The van der Waals surface area contributed by atoms with Crippen molar-refractivity contribution >= 4 is 11.6 Å². The predicted molar refractivity (Wildman–Crippen MR) is 87.9 cm³/mol. The molecule has 1 aliphatic rings. The van der Waals surface area contributed by atoms with Crippen molar-refractivity contribution in [3.05, 3.63) is 53.5 Å². The molecule has 1 N–H and O–H groups in total. The molecule has 1 unspecified atom stereocenters. The number of hydrogen-bond donors (Lipinski definition) is 1. The van der Waals surface area contributed by atoms with Gasteiger partial charge in [-0.2, -0.15) is 0 Å². The molecule has 3 aromatic heterocycles. The van der Waals surface area contributed by atoms with Crippen LogP contribution in [0.1, 0.15) is 33.7 Å². The van der Waals surface area contributed by atoms with Crippen molar-refractivity contribution in [2.75, 3.05) is 19.7 Å². The molecule has 4 rings (SSSR count). The van der Waals surface area contributed by atoms with Crippen LogP contribution in [0.15, 0.2) is 30.7 Å². The lowest BCUT2D eigenvalue weighted by molar-refractivity contribution is -0.0266. The zero-order valence-corrected chi connectivity index (χ0v) is 13.7. The van der Waals surface area contributed by atoms with E-state index >= 15 is 0 Å².